The number of amides is 2. The number of carbonyl (C=O) groups excluding carboxylic acids is 2. The fourth-order valence-electron chi connectivity index (χ4n) is 2.55. The summed E-state index contributed by atoms with van der Waals surface area (Å²) in [6.45, 7) is 5.04. The van der Waals surface area contributed by atoms with Crippen molar-refractivity contribution in [2.75, 3.05) is 25.0 Å². The largest absolute Gasteiger partial charge is 0.466 e. The monoisotopic (exact) mass is 324 g/mol. The molecule has 1 N–H and O–H groups in total. The van der Waals surface area contributed by atoms with Gasteiger partial charge in [-0.3, -0.25) is 4.79 Å². The van der Waals surface area contributed by atoms with Gasteiger partial charge in [0.1, 0.15) is 0 Å². The van der Waals surface area contributed by atoms with Crippen LogP contribution in [-0.2, 0) is 9.53 Å². The number of carbonyl (C=O) groups is 2. The highest BCUT2D eigenvalue weighted by Gasteiger charge is 2.29. The lowest BCUT2D eigenvalue weighted by Crippen LogP contribution is -2.44. The number of esters is 1. The molecule has 1 atom stereocenters. The van der Waals surface area contributed by atoms with E-state index in [0.29, 0.717) is 30.4 Å². The highest BCUT2D eigenvalue weighted by molar-refractivity contribution is 6.31. The third-order valence-electron chi connectivity index (χ3n) is 3.84. The molecule has 1 heterocycles. The van der Waals surface area contributed by atoms with Crippen molar-refractivity contribution >= 4 is 29.3 Å². The van der Waals surface area contributed by atoms with Crippen LogP contribution < -0.4 is 5.32 Å². The van der Waals surface area contributed by atoms with Crippen molar-refractivity contribution in [2.24, 2.45) is 5.92 Å². The van der Waals surface area contributed by atoms with Gasteiger partial charge in [0.15, 0.2) is 0 Å². The van der Waals surface area contributed by atoms with E-state index in [1.54, 1.807) is 24.0 Å². The lowest BCUT2D eigenvalue weighted by atomic mass is 9.98. The Hall–Kier alpha value is -1.75. The summed E-state index contributed by atoms with van der Waals surface area (Å²) in [5.74, 6) is -0.459. The number of benzene rings is 1. The number of likely N-dealkylation sites (tertiary alicyclic amines) is 1. The van der Waals surface area contributed by atoms with Gasteiger partial charge in [0, 0.05) is 23.8 Å². The number of anilines is 1. The molecule has 1 aliphatic rings. The first-order valence-electron chi connectivity index (χ1n) is 7.50. The number of halogens is 1. The summed E-state index contributed by atoms with van der Waals surface area (Å²) in [5, 5.41) is 3.47. The standard InChI is InChI=1S/C16H21ClN2O3/c1-3-22-15(20)12-6-5-9-19(10-12)16(21)18-14-8-4-7-13(17)11(14)2/h4,7-8,12H,3,5-6,9-10H2,1-2H3,(H,18,21)/t12-/m0/s1. The molecule has 0 unspecified atom stereocenters. The van der Waals surface area contributed by atoms with E-state index in [9.17, 15) is 9.59 Å². The zero-order valence-electron chi connectivity index (χ0n) is 12.9. The Kier molecular flexibility index (Phi) is 5.66. The molecule has 120 valence electrons. The predicted molar refractivity (Wildman–Crippen MR) is 86.1 cm³/mol. The first-order chi connectivity index (χ1) is 10.5. The lowest BCUT2D eigenvalue weighted by molar-refractivity contribution is -0.149. The molecule has 1 aliphatic heterocycles. The molecule has 0 aromatic heterocycles. The van der Waals surface area contributed by atoms with E-state index in [-0.39, 0.29) is 17.9 Å². The van der Waals surface area contributed by atoms with Gasteiger partial charge in [-0.1, -0.05) is 17.7 Å². The van der Waals surface area contributed by atoms with Gasteiger partial charge in [-0.05, 0) is 44.4 Å². The maximum absolute atomic E-state index is 12.4. The average molecular weight is 325 g/mol. The number of hydrogen-bond acceptors (Lipinski definition) is 3. The van der Waals surface area contributed by atoms with Crippen LogP contribution in [0, 0.1) is 12.8 Å². The molecular formula is C16H21ClN2O3. The van der Waals surface area contributed by atoms with Crippen molar-refractivity contribution < 1.29 is 14.3 Å². The van der Waals surface area contributed by atoms with Gasteiger partial charge < -0.3 is 15.0 Å². The summed E-state index contributed by atoms with van der Waals surface area (Å²) in [4.78, 5) is 25.9. The minimum Gasteiger partial charge on any atom is -0.466 e. The maximum atomic E-state index is 12.4. The van der Waals surface area contributed by atoms with Crippen LogP contribution in [0.5, 0.6) is 0 Å². The molecule has 5 nitrogen and oxygen atoms in total. The first kappa shape index (κ1) is 16.6. The third kappa shape index (κ3) is 3.91. The zero-order chi connectivity index (χ0) is 16.1. The van der Waals surface area contributed by atoms with Crippen molar-refractivity contribution in [1.82, 2.24) is 4.90 Å². The second kappa shape index (κ2) is 7.49. The summed E-state index contributed by atoms with van der Waals surface area (Å²) in [6.07, 6.45) is 1.56. The summed E-state index contributed by atoms with van der Waals surface area (Å²) < 4.78 is 5.05. The molecule has 1 aromatic carbocycles. The van der Waals surface area contributed by atoms with Gasteiger partial charge in [0.05, 0.1) is 12.5 Å². The number of rotatable bonds is 3. The Labute approximate surface area is 135 Å². The van der Waals surface area contributed by atoms with Gasteiger partial charge in [0.2, 0.25) is 0 Å². The molecule has 0 aliphatic carbocycles. The molecular weight excluding hydrogens is 304 g/mol. The van der Waals surface area contributed by atoms with E-state index in [1.165, 1.54) is 0 Å². The van der Waals surface area contributed by atoms with Crippen LogP contribution in [0.1, 0.15) is 25.3 Å². The Morgan fingerprint density at radius 1 is 1.45 bits per heavy atom. The molecule has 0 bridgehead atoms. The average Bonchev–Trinajstić information content (AvgIpc) is 2.52. The summed E-state index contributed by atoms with van der Waals surface area (Å²) in [7, 11) is 0. The minimum absolute atomic E-state index is 0.209. The normalized spacial score (nSPS) is 18.0. The molecule has 22 heavy (non-hydrogen) atoms. The van der Waals surface area contributed by atoms with E-state index < -0.39 is 0 Å². The quantitative estimate of drug-likeness (QED) is 0.866. The second-order valence-corrected chi connectivity index (χ2v) is 5.79. The molecule has 6 heteroatoms. The van der Waals surface area contributed by atoms with Crippen LogP contribution in [0.3, 0.4) is 0 Å². The van der Waals surface area contributed by atoms with Crippen molar-refractivity contribution in [3.8, 4) is 0 Å². The number of urea groups is 1. The molecule has 2 amide bonds. The minimum atomic E-state index is -0.236. The smallest absolute Gasteiger partial charge is 0.321 e. The topological polar surface area (TPSA) is 58.6 Å². The molecule has 1 aromatic rings. The van der Waals surface area contributed by atoms with Gasteiger partial charge >= 0.3 is 12.0 Å². The van der Waals surface area contributed by atoms with Crippen molar-refractivity contribution in [1.29, 1.82) is 0 Å². The summed E-state index contributed by atoms with van der Waals surface area (Å²) >= 11 is 6.06. The van der Waals surface area contributed by atoms with Crippen molar-refractivity contribution in [2.45, 2.75) is 26.7 Å². The van der Waals surface area contributed by atoms with E-state index >= 15 is 0 Å². The van der Waals surface area contributed by atoms with Crippen LogP contribution in [0.25, 0.3) is 0 Å². The SMILES string of the molecule is CCOC(=O)[C@H]1CCCN(C(=O)Nc2cccc(Cl)c2C)C1. The Balaban J connectivity index is 2.00. The third-order valence-corrected chi connectivity index (χ3v) is 4.25. The number of nitrogens with zero attached hydrogens (tertiary/aromatic N) is 1. The van der Waals surface area contributed by atoms with E-state index in [2.05, 4.69) is 5.32 Å². The second-order valence-electron chi connectivity index (χ2n) is 5.38. The Morgan fingerprint density at radius 3 is 2.95 bits per heavy atom. The van der Waals surface area contributed by atoms with E-state index in [0.717, 1.165) is 18.4 Å². The van der Waals surface area contributed by atoms with Crippen LogP contribution >= 0.6 is 11.6 Å². The van der Waals surface area contributed by atoms with E-state index in [1.807, 2.05) is 13.0 Å². The molecule has 1 fully saturated rings. The molecule has 2 rings (SSSR count). The molecule has 0 spiro atoms. The zero-order valence-corrected chi connectivity index (χ0v) is 13.7. The van der Waals surface area contributed by atoms with Crippen LogP contribution in [0.15, 0.2) is 18.2 Å². The molecule has 0 saturated carbocycles. The van der Waals surface area contributed by atoms with Crippen LogP contribution in [-0.4, -0.2) is 36.6 Å². The molecule has 1 saturated heterocycles. The maximum Gasteiger partial charge on any atom is 0.321 e. The van der Waals surface area contributed by atoms with Crippen molar-refractivity contribution in [3.05, 3.63) is 28.8 Å². The highest BCUT2D eigenvalue weighted by Crippen LogP contribution is 2.24. The number of hydrogen-bond donors (Lipinski definition) is 1. The van der Waals surface area contributed by atoms with Gasteiger partial charge in [-0.25, -0.2) is 4.79 Å². The van der Waals surface area contributed by atoms with Crippen LogP contribution in [0.2, 0.25) is 5.02 Å². The van der Waals surface area contributed by atoms with Crippen molar-refractivity contribution in [3.63, 3.8) is 0 Å². The number of piperidine rings is 1. The van der Waals surface area contributed by atoms with Gasteiger partial charge in [0.25, 0.3) is 0 Å². The first-order valence-corrected chi connectivity index (χ1v) is 7.88. The number of ether oxygens (including phenoxy) is 1. The lowest BCUT2D eigenvalue weighted by Gasteiger charge is -2.31. The Bertz CT molecular complexity index is 562. The van der Waals surface area contributed by atoms with Gasteiger partial charge in [-0.2, -0.15) is 0 Å². The van der Waals surface area contributed by atoms with Gasteiger partial charge in [-0.15, -0.1) is 0 Å². The Morgan fingerprint density at radius 2 is 2.23 bits per heavy atom. The number of nitrogens with one attached hydrogen (secondary N) is 1. The fourth-order valence-corrected chi connectivity index (χ4v) is 2.73. The predicted octanol–water partition coefficient (Wildman–Crippen LogP) is 3.46. The fraction of sp³-hybridized carbons (Fsp3) is 0.500. The van der Waals surface area contributed by atoms with E-state index in [4.69, 9.17) is 16.3 Å². The summed E-state index contributed by atoms with van der Waals surface area (Å²) in [5.41, 5.74) is 1.52. The highest BCUT2D eigenvalue weighted by atomic mass is 35.5. The van der Waals surface area contributed by atoms with Crippen LogP contribution in [0.4, 0.5) is 10.5 Å². The molecule has 0 radical (unpaired) electrons. The summed E-state index contributed by atoms with van der Waals surface area (Å²) in [6, 6.07) is 5.18.